The molecule has 0 saturated carbocycles. The summed E-state index contributed by atoms with van der Waals surface area (Å²) in [7, 11) is 0. The van der Waals surface area contributed by atoms with Crippen LogP contribution in [0.2, 0.25) is 0 Å². The third kappa shape index (κ3) is 1.29. The van der Waals surface area contributed by atoms with Crippen LogP contribution in [0.5, 0.6) is 0 Å². The largest absolute Gasteiger partial charge is 0.287 e. The maximum atomic E-state index is 2.60. The summed E-state index contributed by atoms with van der Waals surface area (Å²) in [6.07, 6.45) is 2.75. The number of fused-ring (bicyclic) bond motifs is 2. The fourth-order valence-electron chi connectivity index (χ4n) is 2.22. The Morgan fingerprint density at radius 1 is 1.31 bits per heavy atom. The number of hydrogen-bond acceptors (Lipinski definition) is 2. The Morgan fingerprint density at radius 3 is 3.23 bits per heavy atom. The second kappa shape index (κ2) is 3.03. The highest BCUT2D eigenvalue weighted by atomic mass is 32.2. The van der Waals surface area contributed by atoms with E-state index in [-0.39, 0.29) is 0 Å². The first-order valence-electron chi connectivity index (χ1n) is 4.92. The zero-order valence-electron chi connectivity index (χ0n) is 7.57. The van der Waals surface area contributed by atoms with Gasteiger partial charge in [-0.25, -0.2) is 0 Å². The molecule has 0 N–H and O–H groups in total. The number of nitrogens with zero attached hydrogens (tertiary/aromatic N) is 1. The number of benzene rings is 1. The first-order valence-corrected chi connectivity index (χ1v) is 5.80. The molecule has 1 aromatic carbocycles. The van der Waals surface area contributed by atoms with Crippen LogP contribution in [0.1, 0.15) is 18.4 Å². The van der Waals surface area contributed by atoms with E-state index in [9.17, 15) is 0 Å². The number of rotatable bonds is 0. The summed E-state index contributed by atoms with van der Waals surface area (Å²) >= 11 is 2.05. The Kier molecular flexibility index (Phi) is 1.84. The second-order valence-corrected chi connectivity index (χ2v) is 5.01. The van der Waals surface area contributed by atoms with Gasteiger partial charge >= 0.3 is 0 Å². The van der Waals surface area contributed by atoms with E-state index < -0.39 is 0 Å². The van der Waals surface area contributed by atoms with Crippen molar-refractivity contribution in [3.63, 3.8) is 0 Å². The summed E-state index contributed by atoms with van der Waals surface area (Å²) in [5.74, 6) is 0. The molecule has 0 radical (unpaired) electrons. The molecule has 68 valence electrons. The van der Waals surface area contributed by atoms with Crippen LogP contribution in [-0.4, -0.2) is 16.8 Å². The van der Waals surface area contributed by atoms with E-state index in [0.717, 1.165) is 5.37 Å². The van der Waals surface area contributed by atoms with E-state index in [1.165, 1.54) is 36.4 Å². The van der Waals surface area contributed by atoms with Gasteiger partial charge in [-0.1, -0.05) is 18.2 Å². The zero-order chi connectivity index (χ0) is 8.67. The Bertz CT molecular complexity index is 293. The molecular formula is C11H13NS. The molecule has 2 heterocycles. The van der Waals surface area contributed by atoms with Crippen LogP contribution in [0.25, 0.3) is 0 Å². The van der Waals surface area contributed by atoms with Crippen LogP contribution >= 0.6 is 11.8 Å². The molecule has 2 heteroatoms. The molecule has 1 saturated heterocycles. The van der Waals surface area contributed by atoms with E-state index in [1.807, 2.05) is 0 Å². The van der Waals surface area contributed by atoms with Gasteiger partial charge in [-0.15, -0.1) is 11.8 Å². The Balaban J connectivity index is 1.97. The van der Waals surface area contributed by atoms with Crippen molar-refractivity contribution in [2.75, 3.05) is 6.54 Å². The SMILES string of the molecule is c1ccc2c(c1)CN1CCC[C@@H]1S2. The molecule has 0 amide bonds. The summed E-state index contributed by atoms with van der Waals surface area (Å²) in [6.45, 7) is 2.47. The molecule has 1 fully saturated rings. The molecular weight excluding hydrogens is 178 g/mol. The van der Waals surface area contributed by atoms with Gasteiger partial charge < -0.3 is 0 Å². The van der Waals surface area contributed by atoms with Crippen molar-refractivity contribution in [3.8, 4) is 0 Å². The van der Waals surface area contributed by atoms with Crippen molar-refractivity contribution in [1.29, 1.82) is 0 Å². The lowest BCUT2D eigenvalue weighted by atomic mass is 10.2. The maximum Gasteiger partial charge on any atom is 0.0608 e. The van der Waals surface area contributed by atoms with Crippen LogP contribution in [0.4, 0.5) is 0 Å². The maximum absolute atomic E-state index is 2.60. The summed E-state index contributed by atoms with van der Waals surface area (Å²) in [5.41, 5.74) is 1.52. The van der Waals surface area contributed by atoms with Crippen molar-refractivity contribution in [1.82, 2.24) is 4.90 Å². The van der Waals surface area contributed by atoms with Gasteiger partial charge in [0.15, 0.2) is 0 Å². The molecule has 1 nitrogen and oxygen atoms in total. The standard InChI is InChI=1S/C11H13NS/c1-2-5-10-9(4-1)8-12-7-3-6-11(12)13-10/h1-2,4-5,11H,3,6-8H2/t11-/m0/s1. The fourth-order valence-corrected chi connectivity index (χ4v) is 3.57. The molecule has 13 heavy (non-hydrogen) atoms. The molecule has 1 atom stereocenters. The van der Waals surface area contributed by atoms with Gasteiger partial charge in [0.25, 0.3) is 0 Å². The molecule has 0 bridgehead atoms. The smallest absolute Gasteiger partial charge is 0.0608 e. The molecule has 1 aromatic rings. The minimum absolute atomic E-state index is 0.773. The molecule has 0 spiro atoms. The lowest BCUT2D eigenvalue weighted by molar-refractivity contribution is 0.300. The summed E-state index contributed by atoms with van der Waals surface area (Å²) < 4.78 is 0. The number of thioether (sulfide) groups is 1. The Hall–Kier alpha value is -0.470. The first-order chi connectivity index (χ1) is 6.43. The zero-order valence-corrected chi connectivity index (χ0v) is 8.39. The predicted molar refractivity (Wildman–Crippen MR) is 55.7 cm³/mol. The third-order valence-electron chi connectivity index (χ3n) is 2.91. The summed E-state index contributed by atoms with van der Waals surface area (Å²) in [4.78, 5) is 4.11. The van der Waals surface area contributed by atoms with Crippen LogP contribution in [0, 0.1) is 0 Å². The van der Waals surface area contributed by atoms with Gasteiger partial charge in [-0.3, -0.25) is 4.90 Å². The first kappa shape index (κ1) is 7.89. The van der Waals surface area contributed by atoms with Gasteiger partial charge in [0, 0.05) is 11.4 Å². The van der Waals surface area contributed by atoms with Crippen LogP contribution in [0.3, 0.4) is 0 Å². The molecule has 0 unspecified atom stereocenters. The van der Waals surface area contributed by atoms with Crippen LogP contribution in [0.15, 0.2) is 29.2 Å². The molecule has 0 aliphatic carbocycles. The average molecular weight is 191 g/mol. The van der Waals surface area contributed by atoms with E-state index in [2.05, 4.69) is 40.9 Å². The fraction of sp³-hybridized carbons (Fsp3) is 0.455. The van der Waals surface area contributed by atoms with Gasteiger partial charge in [0.1, 0.15) is 0 Å². The lowest BCUT2D eigenvalue weighted by Crippen LogP contribution is -2.29. The van der Waals surface area contributed by atoms with E-state index in [1.54, 1.807) is 0 Å². The highest BCUT2D eigenvalue weighted by Gasteiger charge is 2.29. The molecule has 2 aliphatic rings. The van der Waals surface area contributed by atoms with E-state index in [0.29, 0.717) is 0 Å². The van der Waals surface area contributed by atoms with Gasteiger partial charge in [-0.05, 0) is 31.0 Å². The average Bonchev–Trinajstić information content (AvgIpc) is 2.61. The van der Waals surface area contributed by atoms with E-state index >= 15 is 0 Å². The van der Waals surface area contributed by atoms with Crippen molar-refractivity contribution in [2.45, 2.75) is 29.7 Å². The Morgan fingerprint density at radius 2 is 2.23 bits per heavy atom. The van der Waals surface area contributed by atoms with Crippen molar-refractivity contribution >= 4 is 11.8 Å². The van der Waals surface area contributed by atoms with Crippen molar-refractivity contribution in [2.24, 2.45) is 0 Å². The normalized spacial score (nSPS) is 26.9. The third-order valence-corrected chi connectivity index (χ3v) is 4.37. The van der Waals surface area contributed by atoms with Crippen LogP contribution in [-0.2, 0) is 6.54 Å². The Labute approximate surface area is 83.1 Å². The topological polar surface area (TPSA) is 3.24 Å². The lowest BCUT2D eigenvalue weighted by Gasteiger charge is -2.30. The highest BCUT2D eigenvalue weighted by Crippen LogP contribution is 2.40. The molecule has 2 aliphatic heterocycles. The minimum Gasteiger partial charge on any atom is -0.287 e. The number of hydrogen-bond donors (Lipinski definition) is 0. The van der Waals surface area contributed by atoms with Gasteiger partial charge in [0.05, 0.1) is 5.37 Å². The van der Waals surface area contributed by atoms with Gasteiger partial charge in [-0.2, -0.15) is 0 Å². The minimum atomic E-state index is 0.773. The second-order valence-electron chi connectivity index (χ2n) is 3.79. The highest BCUT2D eigenvalue weighted by molar-refractivity contribution is 8.00. The van der Waals surface area contributed by atoms with Crippen molar-refractivity contribution < 1.29 is 0 Å². The molecule has 0 aromatic heterocycles. The summed E-state index contributed by atoms with van der Waals surface area (Å²) in [5, 5.41) is 0.773. The van der Waals surface area contributed by atoms with Gasteiger partial charge in [0.2, 0.25) is 0 Å². The van der Waals surface area contributed by atoms with Crippen molar-refractivity contribution in [3.05, 3.63) is 29.8 Å². The monoisotopic (exact) mass is 191 g/mol. The molecule has 3 rings (SSSR count). The quantitative estimate of drug-likeness (QED) is 0.620. The van der Waals surface area contributed by atoms with E-state index in [4.69, 9.17) is 0 Å². The predicted octanol–water partition coefficient (Wildman–Crippen LogP) is 2.71. The van der Waals surface area contributed by atoms with Crippen LogP contribution < -0.4 is 0 Å². The summed E-state index contributed by atoms with van der Waals surface area (Å²) in [6, 6.07) is 8.82.